The van der Waals surface area contributed by atoms with Crippen LogP contribution in [0.2, 0.25) is 0 Å². The van der Waals surface area contributed by atoms with Crippen LogP contribution < -0.4 is 15.8 Å². The minimum absolute atomic E-state index is 0.0239. The highest BCUT2D eigenvalue weighted by molar-refractivity contribution is 5.86. The molecule has 3 N–H and O–H groups in total. The minimum Gasteiger partial charge on any atom is -0.493 e. The maximum absolute atomic E-state index is 12.4. The molecular weight excluding hydrogens is 276 g/mol. The molecule has 4 heteroatoms. The van der Waals surface area contributed by atoms with Crippen molar-refractivity contribution in [3.05, 3.63) is 29.8 Å². The SMILES string of the molecule is NC1(C(=O)NCc2ccccc2OCC2CC2)CCCCC1. The number of hydrogen-bond acceptors (Lipinski definition) is 3. The molecule has 1 aromatic carbocycles. The Morgan fingerprint density at radius 1 is 1.23 bits per heavy atom. The largest absolute Gasteiger partial charge is 0.493 e. The van der Waals surface area contributed by atoms with Gasteiger partial charge in [-0.3, -0.25) is 4.79 Å². The Morgan fingerprint density at radius 3 is 2.68 bits per heavy atom. The zero-order chi connectivity index (χ0) is 15.4. The molecule has 0 atom stereocenters. The molecule has 3 rings (SSSR count). The third-order valence-corrected chi connectivity index (χ3v) is 4.78. The molecule has 0 saturated heterocycles. The highest BCUT2D eigenvalue weighted by Crippen LogP contribution is 2.30. The monoisotopic (exact) mass is 302 g/mol. The van der Waals surface area contributed by atoms with Gasteiger partial charge < -0.3 is 15.8 Å². The van der Waals surface area contributed by atoms with Crippen molar-refractivity contribution in [2.24, 2.45) is 11.7 Å². The first-order chi connectivity index (χ1) is 10.7. The molecule has 0 bridgehead atoms. The van der Waals surface area contributed by atoms with Gasteiger partial charge in [0.1, 0.15) is 5.75 Å². The topological polar surface area (TPSA) is 64.4 Å². The number of hydrogen-bond donors (Lipinski definition) is 2. The Bertz CT molecular complexity index is 520. The summed E-state index contributed by atoms with van der Waals surface area (Å²) in [5.41, 5.74) is 6.61. The zero-order valence-corrected chi connectivity index (χ0v) is 13.1. The van der Waals surface area contributed by atoms with Gasteiger partial charge in [0, 0.05) is 12.1 Å². The van der Waals surface area contributed by atoms with Gasteiger partial charge in [-0.1, -0.05) is 37.5 Å². The van der Waals surface area contributed by atoms with Gasteiger partial charge in [-0.05, 0) is 37.7 Å². The van der Waals surface area contributed by atoms with Gasteiger partial charge in [-0.2, -0.15) is 0 Å². The normalized spacial score (nSPS) is 20.4. The molecule has 2 saturated carbocycles. The van der Waals surface area contributed by atoms with Crippen molar-refractivity contribution >= 4 is 5.91 Å². The van der Waals surface area contributed by atoms with E-state index in [9.17, 15) is 4.79 Å². The van der Waals surface area contributed by atoms with Crippen LogP contribution in [0.5, 0.6) is 5.75 Å². The first-order valence-electron chi connectivity index (χ1n) is 8.45. The van der Waals surface area contributed by atoms with E-state index >= 15 is 0 Å². The molecule has 0 heterocycles. The molecule has 2 fully saturated rings. The summed E-state index contributed by atoms with van der Waals surface area (Å²) in [6.45, 7) is 1.27. The quantitative estimate of drug-likeness (QED) is 0.849. The number of carbonyl (C=O) groups excluding carboxylic acids is 1. The second kappa shape index (κ2) is 6.69. The molecule has 4 nitrogen and oxygen atoms in total. The van der Waals surface area contributed by atoms with Gasteiger partial charge in [0.25, 0.3) is 0 Å². The molecule has 0 aromatic heterocycles. The molecule has 1 amide bonds. The highest BCUT2D eigenvalue weighted by atomic mass is 16.5. The number of rotatable bonds is 6. The Balaban J connectivity index is 1.57. The Hall–Kier alpha value is -1.55. The standard InChI is InChI=1S/C18H26N2O2/c19-18(10-4-1-5-11-18)17(21)20-12-15-6-2-3-7-16(15)22-13-14-8-9-14/h2-3,6-7,14H,1,4-5,8-13,19H2,(H,20,21). The summed E-state index contributed by atoms with van der Waals surface area (Å²) in [5, 5.41) is 3.01. The molecule has 2 aliphatic rings. The molecule has 0 aliphatic heterocycles. The molecule has 0 radical (unpaired) electrons. The van der Waals surface area contributed by atoms with Crippen LogP contribution in [-0.2, 0) is 11.3 Å². The smallest absolute Gasteiger partial charge is 0.240 e. The van der Waals surface area contributed by atoms with Crippen molar-refractivity contribution in [1.82, 2.24) is 5.32 Å². The van der Waals surface area contributed by atoms with Crippen LogP contribution in [0.1, 0.15) is 50.5 Å². The molecule has 22 heavy (non-hydrogen) atoms. The molecule has 0 unspecified atom stereocenters. The molecule has 0 spiro atoms. The van der Waals surface area contributed by atoms with Gasteiger partial charge in [0.2, 0.25) is 5.91 Å². The van der Waals surface area contributed by atoms with Crippen LogP contribution >= 0.6 is 0 Å². The number of nitrogens with two attached hydrogens (primary N) is 1. The zero-order valence-electron chi connectivity index (χ0n) is 13.1. The average molecular weight is 302 g/mol. The predicted molar refractivity (Wildman–Crippen MR) is 86.5 cm³/mol. The average Bonchev–Trinajstić information content (AvgIpc) is 3.36. The Morgan fingerprint density at radius 2 is 1.95 bits per heavy atom. The van der Waals surface area contributed by atoms with Gasteiger partial charge in [0.15, 0.2) is 0 Å². The van der Waals surface area contributed by atoms with Gasteiger partial charge >= 0.3 is 0 Å². The molecular formula is C18H26N2O2. The van der Waals surface area contributed by atoms with Crippen molar-refractivity contribution in [2.45, 2.75) is 57.0 Å². The van der Waals surface area contributed by atoms with Gasteiger partial charge in [-0.25, -0.2) is 0 Å². The lowest BCUT2D eigenvalue weighted by atomic mass is 9.82. The third kappa shape index (κ3) is 3.80. The van der Waals surface area contributed by atoms with E-state index in [-0.39, 0.29) is 5.91 Å². The van der Waals surface area contributed by atoms with Crippen LogP contribution in [0.15, 0.2) is 24.3 Å². The van der Waals surface area contributed by atoms with E-state index in [1.165, 1.54) is 19.3 Å². The van der Waals surface area contributed by atoms with Crippen molar-refractivity contribution in [3.63, 3.8) is 0 Å². The third-order valence-electron chi connectivity index (χ3n) is 4.78. The number of ether oxygens (including phenoxy) is 1. The van der Waals surface area contributed by atoms with Crippen LogP contribution in [-0.4, -0.2) is 18.1 Å². The lowest BCUT2D eigenvalue weighted by Crippen LogP contribution is -2.54. The molecule has 120 valence electrons. The minimum atomic E-state index is -0.679. The summed E-state index contributed by atoms with van der Waals surface area (Å²) in [4.78, 5) is 12.4. The van der Waals surface area contributed by atoms with E-state index in [2.05, 4.69) is 5.32 Å². The fraction of sp³-hybridized carbons (Fsp3) is 0.611. The van der Waals surface area contributed by atoms with Gasteiger partial charge in [-0.15, -0.1) is 0 Å². The van der Waals surface area contributed by atoms with Crippen LogP contribution in [0.3, 0.4) is 0 Å². The first-order valence-corrected chi connectivity index (χ1v) is 8.45. The van der Waals surface area contributed by atoms with Crippen molar-refractivity contribution in [1.29, 1.82) is 0 Å². The number of carbonyl (C=O) groups is 1. The van der Waals surface area contributed by atoms with E-state index in [1.54, 1.807) is 0 Å². The lowest BCUT2D eigenvalue weighted by molar-refractivity contribution is -0.127. The summed E-state index contributed by atoms with van der Waals surface area (Å²) in [6.07, 6.45) is 7.40. The fourth-order valence-electron chi connectivity index (χ4n) is 3.04. The van der Waals surface area contributed by atoms with Crippen LogP contribution in [0, 0.1) is 5.92 Å². The Labute approximate surface area is 132 Å². The van der Waals surface area contributed by atoms with E-state index in [1.807, 2.05) is 24.3 Å². The maximum Gasteiger partial charge on any atom is 0.240 e. The number of nitrogens with one attached hydrogen (secondary N) is 1. The van der Waals surface area contributed by atoms with E-state index in [4.69, 9.17) is 10.5 Å². The van der Waals surface area contributed by atoms with Crippen molar-refractivity contribution in [2.75, 3.05) is 6.61 Å². The summed E-state index contributed by atoms with van der Waals surface area (Å²) >= 11 is 0. The number of para-hydroxylation sites is 1. The van der Waals surface area contributed by atoms with Crippen LogP contribution in [0.4, 0.5) is 0 Å². The molecule has 1 aromatic rings. The van der Waals surface area contributed by atoms with Gasteiger partial charge in [0.05, 0.1) is 12.1 Å². The summed E-state index contributed by atoms with van der Waals surface area (Å²) in [6, 6.07) is 7.93. The second-order valence-electron chi connectivity index (χ2n) is 6.76. The van der Waals surface area contributed by atoms with E-state index < -0.39 is 5.54 Å². The van der Waals surface area contributed by atoms with Crippen LogP contribution in [0.25, 0.3) is 0 Å². The van der Waals surface area contributed by atoms with Crippen molar-refractivity contribution in [3.8, 4) is 5.75 Å². The Kier molecular flexibility index (Phi) is 4.67. The fourth-order valence-corrected chi connectivity index (χ4v) is 3.04. The molecule has 2 aliphatic carbocycles. The summed E-state index contributed by atoms with van der Waals surface area (Å²) in [7, 11) is 0. The lowest BCUT2D eigenvalue weighted by Gasteiger charge is -2.31. The number of amides is 1. The van der Waals surface area contributed by atoms with Crippen molar-refractivity contribution < 1.29 is 9.53 Å². The first kappa shape index (κ1) is 15.3. The summed E-state index contributed by atoms with van der Waals surface area (Å²) in [5.74, 6) is 1.57. The number of benzene rings is 1. The maximum atomic E-state index is 12.4. The van der Waals surface area contributed by atoms with E-state index in [0.29, 0.717) is 6.54 Å². The van der Waals surface area contributed by atoms with E-state index in [0.717, 1.165) is 49.5 Å². The summed E-state index contributed by atoms with van der Waals surface area (Å²) < 4.78 is 5.88. The predicted octanol–water partition coefficient (Wildman–Crippen LogP) is 2.75. The second-order valence-corrected chi connectivity index (χ2v) is 6.76. The highest BCUT2D eigenvalue weighted by Gasteiger charge is 2.35.